The fourth-order valence-electron chi connectivity index (χ4n) is 7.22. The Morgan fingerprint density at radius 1 is 1.17 bits per heavy atom. The normalized spacial score (nSPS) is 38.9. The van der Waals surface area contributed by atoms with Crippen LogP contribution in [0.5, 0.6) is 0 Å². The number of fused-ring (bicyclic) bond motifs is 4. The molecule has 2 saturated carbocycles. The zero-order valence-electron chi connectivity index (χ0n) is 17.8. The summed E-state index contributed by atoms with van der Waals surface area (Å²) in [4.78, 5) is 26.7. The lowest BCUT2D eigenvalue weighted by Gasteiger charge is -2.51. The van der Waals surface area contributed by atoms with Crippen molar-refractivity contribution in [3.8, 4) is 0 Å². The molecule has 5 unspecified atom stereocenters. The van der Waals surface area contributed by atoms with E-state index in [1.807, 2.05) is 30.4 Å². The largest absolute Gasteiger partial charge is 0.458 e. The molecule has 5 rings (SSSR count). The average Bonchev–Trinajstić information content (AvgIpc) is 3.04. The smallest absolute Gasteiger partial charge is 0.336 e. The number of Topliss-reactive ketones (excluding diaryl/α,β-unsaturated/α-hetero) is 1. The highest BCUT2D eigenvalue weighted by Crippen LogP contribution is 2.61. The van der Waals surface area contributed by atoms with Crippen LogP contribution < -0.4 is 0 Å². The van der Waals surface area contributed by atoms with Crippen molar-refractivity contribution in [1.82, 2.24) is 4.90 Å². The van der Waals surface area contributed by atoms with Crippen LogP contribution >= 0.6 is 0 Å². The molecule has 4 aliphatic carbocycles. The van der Waals surface area contributed by atoms with Crippen molar-refractivity contribution in [1.29, 1.82) is 0 Å². The summed E-state index contributed by atoms with van der Waals surface area (Å²) in [6.45, 7) is 2.38. The van der Waals surface area contributed by atoms with E-state index in [-0.39, 0.29) is 17.5 Å². The molecule has 0 amide bonds. The highest BCUT2D eigenvalue weighted by Gasteiger charge is 2.56. The van der Waals surface area contributed by atoms with Gasteiger partial charge in [-0.25, -0.2) is 4.79 Å². The third kappa shape index (κ3) is 3.19. The number of carbonyl (C=O) groups excluding carboxylic acids is 2. The molecule has 0 N–H and O–H groups in total. The van der Waals surface area contributed by atoms with Crippen molar-refractivity contribution in [3.05, 3.63) is 35.2 Å². The maximum Gasteiger partial charge on any atom is 0.336 e. The standard InChI is InChI=1S/C25H33NO3/c1-25-12-11-20-19-8-6-18(27)14-16(19)5-7-21(20)22(25)9-10-23(25)29-24(28)17-4-3-13-26(2)15-17/h3,13,15,20-23H,4-12,14H2,1-2H3. The van der Waals surface area contributed by atoms with Crippen LogP contribution in [0.4, 0.5) is 0 Å². The zero-order valence-corrected chi connectivity index (χ0v) is 17.8. The summed E-state index contributed by atoms with van der Waals surface area (Å²) in [5.74, 6) is 2.35. The van der Waals surface area contributed by atoms with E-state index in [0.717, 1.165) is 44.1 Å². The van der Waals surface area contributed by atoms with Crippen molar-refractivity contribution in [2.24, 2.45) is 23.2 Å². The van der Waals surface area contributed by atoms with E-state index in [9.17, 15) is 9.59 Å². The first-order chi connectivity index (χ1) is 14.0. The predicted octanol–water partition coefficient (Wildman–Crippen LogP) is 4.92. The molecular weight excluding hydrogens is 362 g/mol. The Balaban J connectivity index is 1.32. The lowest BCUT2D eigenvalue weighted by atomic mass is 9.54. The molecule has 156 valence electrons. The number of nitrogens with zero attached hydrogens (tertiary/aromatic N) is 1. The summed E-state index contributed by atoms with van der Waals surface area (Å²) in [7, 11) is 1.95. The first-order valence-corrected chi connectivity index (χ1v) is 11.5. The van der Waals surface area contributed by atoms with Gasteiger partial charge in [-0.1, -0.05) is 24.1 Å². The third-order valence-electron chi connectivity index (χ3n) is 8.66. The fraction of sp³-hybridized carbons (Fsp3) is 0.680. The van der Waals surface area contributed by atoms with Crippen LogP contribution in [-0.4, -0.2) is 29.8 Å². The number of carbonyl (C=O) groups is 2. The van der Waals surface area contributed by atoms with Crippen LogP contribution in [0.15, 0.2) is 35.2 Å². The van der Waals surface area contributed by atoms with Gasteiger partial charge in [0.15, 0.2) is 0 Å². The summed E-state index contributed by atoms with van der Waals surface area (Å²) in [5, 5.41) is 0. The lowest BCUT2D eigenvalue weighted by Crippen LogP contribution is -2.46. The topological polar surface area (TPSA) is 46.6 Å². The van der Waals surface area contributed by atoms with Gasteiger partial charge < -0.3 is 9.64 Å². The lowest BCUT2D eigenvalue weighted by molar-refractivity contribution is -0.153. The van der Waals surface area contributed by atoms with Crippen molar-refractivity contribution in [2.75, 3.05) is 7.05 Å². The Morgan fingerprint density at radius 3 is 2.86 bits per heavy atom. The molecule has 29 heavy (non-hydrogen) atoms. The first kappa shape index (κ1) is 19.1. The van der Waals surface area contributed by atoms with E-state index in [1.54, 1.807) is 5.57 Å². The number of ketones is 1. The van der Waals surface area contributed by atoms with Crippen LogP contribution in [0, 0.1) is 23.2 Å². The van der Waals surface area contributed by atoms with Crippen molar-refractivity contribution < 1.29 is 14.3 Å². The molecular formula is C25H33NO3. The molecule has 0 bridgehead atoms. The predicted molar refractivity (Wildman–Crippen MR) is 112 cm³/mol. The van der Waals surface area contributed by atoms with E-state index in [1.165, 1.54) is 24.8 Å². The van der Waals surface area contributed by atoms with Crippen LogP contribution in [0.25, 0.3) is 0 Å². The molecule has 0 aromatic rings. The van der Waals surface area contributed by atoms with E-state index in [4.69, 9.17) is 4.74 Å². The Morgan fingerprint density at radius 2 is 2.03 bits per heavy atom. The highest BCUT2D eigenvalue weighted by molar-refractivity contribution is 5.89. The number of hydrogen-bond donors (Lipinski definition) is 0. The number of ether oxygens (including phenoxy) is 1. The average molecular weight is 396 g/mol. The molecule has 0 saturated heterocycles. The van der Waals surface area contributed by atoms with Gasteiger partial charge in [-0.05, 0) is 68.9 Å². The molecule has 2 fully saturated rings. The fourth-order valence-corrected chi connectivity index (χ4v) is 7.22. The molecule has 4 heteroatoms. The first-order valence-electron chi connectivity index (χ1n) is 11.5. The summed E-state index contributed by atoms with van der Waals surface area (Å²) in [5.41, 5.74) is 3.99. The molecule has 5 atom stereocenters. The third-order valence-corrected chi connectivity index (χ3v) is 8.66. The van der Waals surface area contributed by atoms with Gasteiger partial charge in [-0.15, -0.1) is 0 Å². The van der Waals surface area contributed by atoms with Crippen LogP contribution in [0.1, 0.15) is 71.1 Å². The Labute approximate surface area is 174 Å². The molecule has 4 nitrogen and oxygen atoms in total. The van der Waals surface area contributed by atoms with Crippen LogP contribution in [0.3, 0.4) is 0 Å². The number of hydrogen-bond acceptors (Lipinski definition) is 4. The Bertz CT molecular complexity index is 822. The highest BCUT2D eigenvalue weighted by atomic mass is 16.5. The van der Waals surface area contributed by atoms with Crippen molar-refractivity contribution in [3.63, 3.8) is 0 Å². The zero-order chi connectivity index (χ0) is 20.2. The van der Waals surface area contributed by atoms with Gasteiger partial charge in [-0.3, -0.25) is 4.79 Å². The Kier molecular flexibility index (Phi) is 4.71. The summed E-state index contributed by atoms with van der Waals surface area (Å²) >= 11 is 0. The van der Waals surface area contributed by atoms with E-state index >= 15 is 0 Å². The molecule has 1 aliphatic heterocycles. The van der Waals surface area contributed by atoms with Crippen LogP contribution in [0.2, 0.25) is 0 Å². The number of rotatable bonds is 2. The monoisotopic (exact) mass is 395 g/mol. The molecule has 0 aromatic carbocycles. The van der Waals surface area contributed by atoms with Gasteiger partial charge in [0.1, 0.15) is 11.9 Å². The van der Waals surface area contributed by atoms with Gasteiger partial charge in [0, 0.05) is 37.9 Å². The molecule has 5 aliphatic rings. The minimum Gasteiger partial charge on any atom is -0.458 e. The quantitative estimate of drug-likeness (QED) is 0.492. The van der Waals surface area contributed by atoms with Gasteiger partial charge >= 0.3 is 5.97 Å². The second kappa shape index (κ2) is 7.14. The second-order valence-corrected chi connectivity index (χ2v) is 10.2. The van der Waals surface area contributed by atoms with Crippen molar-refractivity contribution >= 4 is 11.8 Å². The maximum atomic E-state index is 12.8. The Hall–Kier alpha value is -1.84. The second-order valence-electron chi connectivity index (χ2n) is 10.2. The van der Waals surface area contributed by atoms with E-state index in [2.05, 4.69) is 6.92 Å². The molecule has 0 spiro atoms. The van der Waals surface area contributed by atoms with Crippen LogP contribution in [-0.2, 0) is 14.3 Å². The number of allylic oxidation sites excluding steroid dienone is 3. The van der Waals surface area contributed by atoms with Gasteiger partial charge in [0.05, 0.1) is 5.57 Å². The van der Waals surface area contributed by atoms with E-state index < -0.39 is 0 Å². The molecule has 1 heterocycles. The summed E-state index contributed by atoms with van der Waals surface area (Å²) in [6, 6.07) is 0. The van der Waals surface area contributed by atoms with Gasteiger partial charge in [0.2, 0.25) is 0 Å². The maximum absolute atomic E-state index is 12.8. The summed E-state index contributed by atoms with van der Waals surface area (Å²) in [6.07, 6.45) is 15.9. The minimum atomic E-state index is -0.130. The number of esters is 1. The minimum absolute atomic E-state index is 0.0429. The van der Waals surface area contributed by atoms with Gasteiger partial charge in [0.25, 0.3) is 0 Å². The molecule has 0 radical (unpaired) electrons. The SMILES string of the molecule is CN1C=CCC(C(=O)OC2CCC3C4CCC5=C(CCC(=O)C5)C4CCC23C)=C1. The molecule has 0 aromatic heterocycles. The summed E-state index contributed by atoms with van der Waals surface area (Å²) < 4.78 is 6.15. The van der Waals surface area contributed by atoms with Gasteiger partial charge in [-0.2, -0.15) is 0 Å². The van der Waals surface area contributed by atoms with E-state index in [0.29, 0.717) is 30.0 Å². The van der Waals surface area contributed by atoms with Crippen molar-refractivity contribution in [2.45, 2.75) is 77.2 Å².